The van der Waals surface area contributed by atoms with E-state index in [1.54, 1.807) is 13.0 Å². The molecule has 0 aliphatic heterocycles. The van der Waals surface area contributed by atoms with Gasteiger partial charge in [0, 0.05) is 29.1 Å². The maximum Gasteiger partial charge on any atom is 0.272 e. The first-order chi connectivity index (χ1) is 9.45. The lowest BCUT2D eigenvalue weighted by molar-refractivity contribution is -0.385. The second kappa shape index (κ2) is 7.99. The van der Waals surface area contributed by atoms with Crippen LogP contribution in [0.3, 0.4) is 0 Å². The van der Waals surface area contributed by atoms with Crippen molar-refractivity contribution in [3.05, 3.63) is 39.4 Å². The third kappa shape index (κ3) is 4.92. The van der Waals surface area contributed by atoms with Gasteiger partial charge in [0.1, 0.15) is 0 Å². The second-order valence-corrected chi connectivity index (χ2v) is 5.56. The number of alkyl halides is 1. The lowest BCUT2D eigenvalue weighted by atomic mass is 10.1. The fourth-order valence-electron chi connectivity index (χ4n) is 1.83. The molecule has 0 saturated heterocycles. The normalized spacial score (nSPS) is 11.9. The van der Waals surface area contributed by atoms with Crippen molar-refractivity contribution in [1.82, 2.24) is 5.32 Å². The Bertz CT molecular complexity index is 491. The van der Waals surface area contributed by atoms with Gasteiger partial charge in [-0.15, -0.1) is 0 Å². The van der Waals surface area contributed by atoms with Gasteiger partial charge < -0.3 is 5.32 Å². The van der Waals surface area contributed by atoms with Gasteiger partial charge in [-0.2, -0.15) is 0 Å². The van der Waals surface area contributed by atoms with Gasteiger partial charge in [-0.25, -0.2) is 0 Å². The van der Waals surface area contributed by atoms with E-state index < -0.39 is 4.92 Å². The van der Waals surface area contributed by atoms with E-state index in [9.17, 15) is 14.9 Å². The number of nitrogens with zero attached hydrogens (tertiary/aromatic N) is 1. The lowest BCUT2D eigenvalue weighted by Gasteiger charge is -2.08. The van der Waals surface area contributed by atoms with Gasteiger partial charge in [-0.05, 0) is 37.8 Å². The van der Waals surface area contributed by atoms with Crippen LogP contribution in [-0.4, -0.2) is 22.7 Å². The summed E-state index contributed by atoms with van der Waals surface area (Å²) in [6.07, 6.45) is 1.97. The van der Waals surface area contributed by atoms with Crippen LogP contribution in [0.15, 0.2) is 18.2 Å². The van der Waals surface area contributed by atoms with E-state index in [-0.39, 0.29) is 11.6 Å². The number of benzene rings is 1. The maximum atomic E-state index is 11.9. The summed E-state index contributed by atoms with van der Waals surface area (Å²) in [4.78, 5) is 22.2. The third-order valence-electron chi connectivity index (χ3n) is 3.08. The molecule has 0 fully saturated rings. The van der Waals surface area contributed by atoms with Gasteiger partial charge in [-0.3, -0.25) is 14.9 Å². The Morgan fingerprint density at radius 1 is 1.50 bits per heavy atom. The number of rotatable bonds is 7. The van der Waals surface area contributed by atoms with E-state index in [1.807, 2.05) is 0 Å². The van der Waals surface area contributed by atoms with E-state index in [1.165, 1.54) is 12.1 Å². The van der Waals surface area contributed by atoms with Gasteiger partial charge >= 0.3 is 0 Å². The average molecular weight is 343 g/mol. The third-order valence-corrected chi connectivity index (χ3v) is 4.18. The molecule has 110 valence electrons. The van der Waals surface area contributed by atoms with E-state index in [2.05, 4.69) is 28.2 Å². The Kier molecular flexibility index (Phi) is 6.64. The molecular weight excluding hydrogens is 324 g/mol. The Hall–Kier alpha value is -1.43. The molecule has 0 radical (unpaired) electrons. The Labute approximate surface area is 127 Å². The van der Waals surface area contributed by atoms with Crippen LogP contribution in [0.4, 0.5) is 5.69 Å². The number of aryl methyl sites for hydroxylation is 1. The van der Waals surface area contributed by atoms with Crippen LogP contribution in [0.25, 0.3) is 0 Å². The molecule has 1 amide bonds. The maximum absolute atomic E-state index is 11.9. The van der Waals surface area contributed by atoms with Crippen LogP contribution >= 0.6 is 15.9 Å². The predicted molar refractivity (Wildman–Crippen MR) is 82.4 cm³/mol. The number of nitro benzene ring substituents is 1. The smallest absolute Gasteiger partial charge is 0.272 e. The topological polar surface area (TPSA) is 72.2 Å². The first-order valence-corrected chi connectivity index (χ1v) is 7.67. The molecule has 1 aromatic rings. The highest BCUT2D eigenvalue weighted by Crippen LogP contribution is 2.18. The van der Waals surface area contributed by atoms with Crippen LogP contribution < -0.4 is 5.32 Å². The number of halogens is 1. The Morgan fingerprint density at radius 3 is 2.75 bits per heavy atom. The minimum Gasteiger partial charge on any atom is -0.352 e. The molecule has 0 bridgehead atoms. The summed E-state index contributed by atoms with van der Waals surface area (Å²) in [6.45, 7) is 4.40. The number of carbonyl (C=O) groups excluding carboxylic acids is 1. The van der Waals surface area contributed by atoms with Crippen molar-refractivity contribution in [2.45, 2.75) is 26.7 Å². The summed E-state index contributed by atoms with van der Waals surface area (Å²) >= 11 is 3.42. The highest BCUT2D eigenvalue weighted by atomic mass is 79.9. The monoisotopic (exact) mass is 342 g/mol. The summed E-state index contributed by atoms with van der Waals surface area (Å²) in [7, 11) is 0. The van der Waals surface area contributed by atoms with Crippen molar-refractivity contribution < 1.29 is 9.72 Å². The van der Waals surface area contributed by atoms with Gasteiger partial charge in [0.25, 0.3) is 11.6 Å². The zero-order valence-electron chi connectivity index (χ0n) is 11.7. The van der Waals surface area contributed by atoms with Crippen LogP contribution in [0, 0.1) is 23.0 Å². The highest BCUT2D eigenvalue weighted by Gasteiger charge is 2.13. The molecule has 1 aromatic carbocycles. The summed E-state index contributed by atoms with van der Waals surface area (Å²) in [6, 6.07) is 4.41. The number of hydrogen-bond donors (Lipinski definition) is 1. The van der Waals surface area contributed by atoms with Crippen molar-refractivity contribution in [3.8, 4) is 0 Å². The molecule has 0 aliphatic rings. The molecule has 20 heavy (non-hydrogen) atoms. The highest BCUT2D eigenvalue weighted by molar-refractivity contribution is 9.09. The van der Waals surface area contributed by atoms with Crippen molar-refractivity contribution >= 4 is 27.5 Å². The second-order valence-electron chi connectivity index (χ2n) is 4.92. The fraction of sp³-hybridized carbons (Fsp3) is 0.500. The summed E-state index contributed by atoms with van der Waals surface area (Å²) in [5, 5.41) is 14.5. The molecule has 6 heteroatoms. The minimum atomic E-state index is -0.446. The lowest BCUT2D eigenvalue weighted by Crippen LogP contribution is -2.24. The molecule has 0 heterocycles. The minimum absolute atomic E-state index is 0.0349. The molecular formula is C14H19BrN2O3. The largest absolute Gasteiger partial charge is 0.352 e. The van der Waals surface area contributed by atoms with Gasteiger partial charge in [-0.1, -0.05) is 22.9 Å². The molecule has 0 aliphatic carbocycles. The van der Waals surface area contributed by atoms with E-state index >= 15 is 0 Å². The summed E-state index contributed by atoms with van der Waals surface area (Å²) in [5.41, 5.74) is 0.991. The Balaban J connectivity index is 2.52. The van der Waals surface area contributed by atoms with Gasteiger partial charge in [0.05, 0.1) is 4.92 Å². The van der Waals surface area contributed by atoms with Crippen LogP contribution in [0.2, 0.25) is 0 Å². The molecule has 1 unspecified atom stereocenters. The fourth-order valence-corrected chi connectivity index (χ4v) is 2.16. The summed E-state index contributed by atoms with van der Waals surface area (Å²) in [5.74, 6) is 0.406. The Morgan fingerprint density at radius 2 is 2.20 bits per heavy atom. The standard InChI is InChI=1S/C14H19BrN2O3/c1-10(9-15)4-3-7-16-14(18)12-5-6-13(17(19)20)11(2)8-12/h5-6,8,10H,3-4,7,9H2,1-2H3,(H,16,18). The molecule has 0 spiro atoms. The molecule has 1 rings (SSSR count). The average Bonchev–Trinajstić information content (AvgIpc) is 2.42. The SMILES string of the molecule is Cc1cc(C(=O)NCCCC(C)CBr)ccc1[N+](=O)[O-]. The van der Waals surface area contributed by atoms with E-state index in [0.717, 1.165) is 18.2 Å². The molecule has 0 aromatic heterocycles. The molecule has 1 N–H and O–H groups in total. The summed E-state index contributed by atoms with van der Waals surface area (Å²) < 4.78 is 0. The van der Waals surface area contributed by atoms with Crippen molar-refractivity contribution in [3.63, 3.8) is 0 Å². The first-order valence-electron chi connectivity index (χ1n) is 6.55. The van der Waals surface area contributed by atoms with E-state index in [0.29, 0.717) is 23.6 Å². The van der Waals surface area contributed by atoms with Crippen molar-refractivity contribution in [2.75, 3.05) is 11.9 Å². The zero-order valence-corrected chi connectivity index (χ0v) is 13.3. The van der Waals surface area contributed by atoms with Crippen LogP contribution in [0.5, 0.6) is 0 Å². The number of nitro groups is 1. The number of hydrogen-bond acceptors (Lipinski definition) is 3. The number of nitrogens with one attached hydrogen (secondary N) is 1. The predicted octanol–water partition coefficient (Wildman–Crippen LogP) is 3.44. The van der Waals surface area contributed by atoms with Crippen LogP contribution in [0.1, 0.15) is 35.7 Å². The number of carbonyl (C=O) groups is 1. The molecule has 5 nitrogen and oxygen atoms in total. The quantitative estimate of drug-likeness (QED) is 0.357. The van der Waals surface area contributed by atoms with Crippen LogP contribution in [-0.2, 0) is 0 Å². The van der Waals surface area contributed by atoms with E-state index in [4.69, 9.17) is 0 Å². The molecule has 1 atom stereocenters. The van der Waals surface area contributed by atoms with Gasteiger partial charge in [0.15, 0.2) is 0 Å². The van der Waals surface area contributed by atoms with Crippen molar-refractivity contribution in [1.29, 1.82) is 0 Å². The van der Waals surface area contributed by atoms with Crippen molar-refractivity contribution in [2.24, 2.45) is 5.92 Å². The zero-order chi connectivity index (χ0) is 15.1. The number of amides is 1. The van der Waals surface area contributed by atoms with Gasteiger partial charge in [0.2, 0.25) is 0 Å². The molecule has 0 saturated carbocycles. The first kappa shape index (κ1) is 16.6.